The molecule has 0 radical (unpaired) electrons. The maximum Gasteiger partial charge on any atom is 0.122 e. The van der Waals surface area contributed by atoms with Gasteiger partial charge in [0.05, 0.1) is 7.11 Å². The smallest absolute Gasteiger partial charge is 0.122 e. The first-order valence-electron chi connectivity index (χ1n) is 5.21. The molecule has 4 N–H and O–H groups in total. The standard InChI is InChI=1S/C12H20N2O/c1-8-9(2)12(15-3)5-4-10(8)11(14)6-7-13/h4-5,11H,6-7,13-14H2,1-3H3. The first kappa shape index (κ1) is 12.0. The molecular weight excluding hydrogens is 188 g/mol. The second kappa shape index (κ2) is 5.14. The van der Waals surface area contributed by atoms with Crippen molar-refractivity contribution >= 4 is 0 Å². The number of rotatable bonds is 4. The molecule has 0 aliphatic rings. The van der Waals surface area contributed by atoms with E-state index in [1.165, 1.54) is 11.1 Å². The fourth-order valence-electron chi connectivity index (χ4n) is 1.77. The highest BCUT2D eigenvalue weighted by atomic mass is 16.5. The fourth-order valence-corrected chi connectivity index (χ4v) is 1.77. The topological polar surface area (TPSA) is 61.3 Å². The third-order valence-electron chi connectivity index (χ3n) is 2.88. The summed E-state index contributed by atoms with van der Waals surface area (Å²) in [6, 6.07) is 4.02. The maximum absolute atomic E-state index is 6.05. The molecular formula is C12H20N2O. The lowest BCUT2D eigenvalue weighted by Gasteiger charge is -2.17. The number of hydrogen-bond donors (Lipinski definition) is 2. The van der Waals surface area contributed by atoms with Gasteiger partial charge in [-0.15, -0.1) is 0 Å². The lowest BCUT2D eigenvalue weighted by molar-refractivity contribution is 0.411. The van der Waals surface area contributed by atoms with Gasteiger partial charge in [0, 0.05) is 6.04 Å². The Bertz CT molecular complexity index is 337. The molecule has 0 fully saturated rings. The van der Waals surface area contributed by atoms with Crippen LogP contribution in [-0.2, 0) is 0 Å². The molecule has 0 spiro atoms. The minimum absolute atomic E-state index is 0.0274. The molecule has 0 saturated carbocycles. The summed E-state index contributed by atoms with van der Waals surface area (Å²) in [6.45, 7) is 4.74. The molecule has 3 heteroatoms. The monoisotopic (exact) mass is 208 g/mol. The van der Waals surface area contributed by atoms with Crippen molar-refractivity contribution in [1.29, 1.82) is 0 Å². The van der Waals surface area contributed by atoms with Gasteiger partial charge in [0.15, 0.2) is 0 Å². The van der Waals surface area contributed by atoms with Crippen molar-refractivity contribution in [3.05, 3.63) is 28.8 Å². The summed E-state index contributed by atoms with van der Waals surface area (Å²) in [7, 11) is 1.68. The van der Waals surface area contributed by atoms with E-state index in [-0.39, 0.29) is 6.04 Å². The van der Waals surface area contributed by atoms with Crippen LogP contribution in [0.5, 0.6) is 5.75 Å². The highest BCUT2D eigenvalue weighted by Gasteiger charge is 2.11. The summed E-state index contributed by atoms with van der Waals surface area (Å²) in [5, 5.41) is 0. The first-order chi connectivity index (χ1) is 7.11. The molecule has 1 atom stereocenters. The minimum Gasteiger partial charge on any atom is -0.496 e. The van der Waals surface area contributed by atoms with Crippen LogP contribution < -0.4 is 16.2 Å². The van der Waals surface area contributed by atoms with Gasteiger partial charge in [-0.05, 0) is 49.6 Å². The van der Waals surface area contributed by atoms with Gasteiger partial charge in [-0.1, -0.05) is 6.07 Å². The zero-order chi connectivity index (χ0) is 11.4. The number of ether oxygens (including phenoxy) is 1. The van der Waals surface area contributed by atoms with E-state index in [2.05, 4.69) is 6.92 Å². The largest absolute Gasteiger partial charge is 0.496 e. The quantitative estimate of drug-likeness (QED) is 0.791. The Morgan fingerprint density at radius 2 is 1.93 bits per heavy atom. The van der Waals surface area contributed by atoms with E-state index in [4.69, 9.17) is 16.2 Å². The van der Waals surface area contributed by atoms with Gasteiger partial charge in [0.25, 0.3) is 0 Å². The van der Waals surface area contributed by atoms with Crippen molar-refractivity contribution in [2.24, 2.45) is 11.5 Å². The lowest BCUT2D eigenvalue weighted by atomic mass is 9.95. The fraction of sp³-hybridized carbons (Fsp3) is 0.500. The van der Waals surface area contributed by atoms with E-state index in [9.17, 15) is 0 Å². The van der Waals surface area contributed by atoms with Gasteiger partial charge in [-0.2, -0.15) is 0 Å². The highest BCUT2D eigenvalue weighted by molar-refractivity contribution is 5.44. The van der Waals surface area contributed by atoms with Crippen LogP contribution in [0.25, 0.3) is 0 Å². The summed E-state index contributed by atoms with van der Waals surface area (Å²) < 4.78 is 5.25. The van der Waals surface area contributed by atoms with E-state index >= 15 is 0 Å². The number of nitrogens with two attached hydrogens (primary N) is 2. The highest BCUT2D eigenvalue weighted by Crippen LogP contribution is 2.27. The maximum atomic E-state index is 6.05. The van der Waals surface area contributed by atoms with Gasteiger partial charge in [-0.3, -0.25) is 0 Å². The van der Waals surface area contributed by atoms with Crippen LogP contribution in [0.15, 0.2) is 12.1 Å². The second-order valence-corrected chi connectivity index (χ2v) is 3.79. The second-order valence-electron chi connectivity index (χ2n) is 3.79. The number of methoxy groups -OCH3 is 1. The predicted molar refractivity (Wildman–Crippen MR) is 63.1 cm³/mol. The van der Waals surface area contributed by atoms with E-state index in [1.54, 1.807) is 7.11 Å². The molecule has 3 nitrogen and oxygen atoms in total. The summed E-state index contributed by atoms with van der Waals surface area (Å²) in [4.78, 5) is 0. The Hall–Kier alpha value is -1.06. The van der Waals surface area contributed by atoms with Gasteiger partial charge in [0.2, 0.25) is 0 Å². The first-order valence-corrected chi connectivity index (χ1v) is 5.21. The molecule has 0 aliphatic carbocycles. The predicted octanol–water partition coefficient (Wildman–Crippen LogP) is 1.66. The van der Waals surface area contributed by atoms with Crippen molar-refractivity contribution in [2.45, 2.75) is 26.3 Å². The van der Waals surface area contributed by atoms with Crippen molar-refractivity contribution in [3.63, 3.8) is 0 Å². The van der Waals surface area contributed by atoms with Crippen LogP contribution >= 0.6 is 0 Å². The zero-order valence-corrected chi connectivity index (χ0v) is 9.71. The summed E-state index contributed by atoms with van der Waals surface area (Å²) in [6.07, 6.45) is 0.812. The lowest BCUT2D eigenvalue weighted by Crippen LogP contribution is -2.16. The van der Waals surface area contributed by atoms with Gasteiger partial charge in [0.1, 0.15) is 5.75 Å². The number of hydrogen-bond acceptors (Lipinski definition) is 3. The molecule has 15 heavy (non-hydrogen) atoms. The van der Waals surface area contributed by atoms with E-state index < -0.39 is 0 Å². The molecule has 1 aromatic carbocycles. The Labute approximate surface area is 91.4 Å². The molecule has 1 rings (SSSR count). The van der Waals surface area contributed by atoms with E-state index in [0.717, 1.165) is 17.7 Å². The SMILES string of the molecule is COc1ccc(C(N)CCN)c(C)c1C. The molecule has 0 saturated heterocycles. The molecule has 0 amide bonds. The van der Waals surface area contributed by atoms with Crippen LogP contribution in [0.4, 0.5) is 0 Å². The Morgan fingerprint density at radius 3 is 2.47 bits per heavy atom. The summed E-state index contributed by atoms with van der Waals surface area (Å²) in [5.74, 6) is 0.913. The Morgan fingerprint density at radius 1 is 1.27 bits per heavy atom. The van der Waals surface area contributed by atoms with Crippen LogP contribution in [-0.4, -0.2) is 13.7 Å². The molecule has 0 aromatic heterocycles. The van der Waals surface area contributed by atoms with Crippen LogP contribution in [0.3, 0.4) is 0 Å². The molecule has 1 aromatic rings. The third kappa shape index (κ3) is 2.49. The molecule has 0 heterocycles. The molecule has 0 bridgehead atoms. The average Bonchev–Trinajstić information content (AvgIpc) is 2.22. The third-order valence-corrected chi connectivity index (χ3v) is 2.88. The van der Waals surface area contributed by atoms with Gasteiger partial charge < -0.3 is 16.2 Å². The van der Waals surface area contributed by atoms with Crippen molar-refractivity contribution in [3.8, 4) is 5.75 Å². The molecule has 84 valence electrons. The van der Waals surface area contributed by atoms with Crippen LogP contribution in [0, 0.1) is 13.8 Å². The zero-order valence-electron chi connectivity index (χ0n) is 9.71. The van der Waals surface area contributed by atoms with E-state index in [1.807, 2.05) is 19.1 Å². The Kier molecular flexibility index (Phi) is 4.12. The van der Waals surface area contributed by atoms with E-state index in [0.29, 0.717) is 6.54 Å². The summed E-state index contributed by atoms with van der Waals surface area (Å²) in [5.41, 5.74) is 15.1. The van der Waals surface area contributed by atoms with Crippen molar-refractivity contribution in [2.75, 3.05) is 13.7 Å². The molecule has 0 aliphatic heterocycles. The van der Waals surface area contributed by atoms with Crippen LogP contribution in [0.1, 0.15) is 29.2 Å². The Balaban J connectivity index is 3.06. The van der Waals surface area contributed by atoms with Gasteiger partial charge in [-0.25, -0.2) is 0 Å². The summed E-state index contributed by atoms with van der Waals surface area (Å²) >= 11 is 0. The van der Waals surface area contributed by atoms with Crippen LogP contribution in [0.2, 0.25) is 0 Å². The van der Waals surface area contributed by atoms with Gasteiger partial charge >= 0.3 is 0 Å². The normalized spacial score (nSPS) is 12.6. The minimum atomic E-state index is 0.0274. The van der Waals surface area contributed by atoms with Crippen molar-refractivity contribution in [1.82, 2.24) is 0 Å². The molecule has 1 unspecified atom stereocenters. The average molecular weight is 208 g/mol. The number of benzene rings is 1. The van der Waals surface area contributed by atoms with Crippen molar-refractivity contribution < 1.29 is 4.74 Å².